The number of benzene rings is 2. The van der Waals surface area contributed by atoms with Crippen LogP contribution >= 0.6 is 11.3 Å². The summed E-state index contributed by atoms with van der Waals surface area (Å²) in [4.78, 5) is 24.3. The summed E-state index contributed by atoms with van der Waals surface area (Å²) in [6.45, 7) is 1.81. The molecule has 0 unspecified atom stereocenters. The highest BCUT2D eigenvalue weighted by Crippen LogP contribution is 2.31. The highest BCUT2D eigenvalue weighted by molar-refractivity contribution is 7.21. The second kappa shape index (κ2) is 7.36. The molecule has 0 atom stereocenters. The average molecular weight is 355 g/mol. The predicted octanol–water partition coefficient (Wildman–Crippen LogP) is 4.01. The van der Waals surface area contributed by atoms with Crippen molar-refractivity contribution in [3.8, 4) is 5.75 Å². The summed E-state index contributed by atoms with van der Waals surface area (Å²) < 4.78 is 10.9. The molecule has 0 aliphatic rings. The number of hydrogen-bond donors (Lipinski definition) is 1. The number of esters is 1. The van der Waals surface area contributed by atoms with Crippen LogP contribution < -0.4 is 10.1 Å². The maximum atomic E-state index is 12.6. The zero-order valence-electron chi connectivity index (χ0n) is 13.9. The van der Waals surface area contributed by atoms with Crippen LogP contribution in [0.3, 0.4) is 0 Å². The molecule has 2 aromatic carbocycles. The number of carbonyl (C=O) groups is 2. The van der Waals surface area contributed by atoms with Crippen LogP contribution in [0.2, 0.25) is 0 Å². The molecule has 0 aliphatic carbocycles. The average Bonchev–Trinajstić information content (AvgIpc) is 2.98. The number of thiophene rings is 1. The summed E-state index contributed by atoms with van der Waals surface area (Å²) in [7, 11) is 1.31. The number of anilines is 1. The summed E-state index contributed by atoms with van der Waals surface area (Å²) in [6, 6.07) is 14.8. The number of fused-ring (bicyclic) bond motifs is 1. The molecular weight excluding hydrogens is 338 g/mol. The zero-order chi connectivity index (χ0) is 17.8. The number of carbonyl (C=O) groups excluding carboxylic acids is 2. The van der Waals surface area contributed by atoms with Gasteiger partial charge in [0.2, 0.25) is 0 Å². The van der Waals surface area contributed by atoms with Crippen LogP contribution in [0.5, 0.6) is 5.75 Å². The van der Waals surface area contributed by atoms with E-state index in [9.17, 15) is 9.59 Å². The molecule has 0 saturated carbocycles. The van der Waals surface area contributed by atoms with Gasteiger partial charge < -0.3 is 14.8 Å². The smallest absolute Gasteiger partial charge is 0.343 e. The Balaban J connectivity index is 1.70. The minimum absolute atomic E-state index is 0.137. The first-order valence-corrected chi connectivity index (χ1v) is 8.49. The largest absolute Gasteiger partial charge is 0.482 e. The number of nitrogens with one attached hydrogen (secondary N) is 1. The SMILES string of the molecule is COC(=O)COc1ccc(NC(=O)c2sc3ccccc3c2C)cc1. The Morgan fingerprint density at radius 1 is 1.08 bits per heavy atom. The van der Waals surface area contributed by atoms with Gasteiger partial charge >= 0.3 is 5.97 Å². The van der Waals surface area contributed by atoms with Crippen LogP contribution in [-0.2, 0) is 9.53 Å². The van der Waals surface area contributed by atoms with Gasteiger partial charge in [0.15, 0.2) is 6.61 Å². The minimum atomic E-state index is -0.447. The van der Waals surface area contributed by atoms with Gasteiger partial charge in [-0.05, 0) is 48.2 Å². The molecule has 5 nitrogen and oxygen atoms in total. The molecule has 25 heavy (non-hydrogen) atoms. The topological polar surface area (TPSA) is 64.6 Å². The molecule has 0 spiro atoms. The molecule has 3 aromatic rings. The molecule has 1 N–H and O–H groups in total. The van der Waals surface area contributed by atoms with Crippen molar-refractivity contribution in [2.75, 3.05) is 19.0 Å². The number of rotatable bonds is 5. The van der Waals surface area contributed by atoms with Crippen molar-refractivity contribution in [1.82, 2.24) is 0 Å². The van der Waals surface area contributed by atoms with E-state index in [0.717, 1.165) is 15.6 Å². The van der Waals surface area contributed by atoms with Crippen LogP contribution in [0.4, 0.5) is 5.69 Å². The molecule has 6 heteroatoms. The third kappa shape index (κ3) is 3.80. The van der Waals surface area contributed by atoms with Crippen LogP contribution in [-0.4, -0.2) is 25.6 Å². The van der Waals surface area contributed by atoms with Crippen LogP contribution in [0.25, 0.3) is 10.1 Å². The zero-order valence-corrected chi connectivity index (χ0v) is 14.7. The van der Waals surface area contributed by atoms with E-state index >= 15 is 0 Å². The summed E-state index contributed by atoms with van der Waals surface area (Å²) in [5.74, 6) is -0.0546. The lowest BCUT2D eigenvalue weighted by Gasteiger charge is -2.07. The van der Waals surface area contributed by atoms with Gasteiger partial charge in [0.05, 0.1) is 12.0 Å². The molecule has 0 fully saturated rings. The van der Waals surface area contributed by atoms with E-state index in [2.05, 4.69) is 10.1 Å². The molecule has 0 radical (unpaired) electrons. The third-order valence-corrected chi connectivity index (χ3v) is 5.02. The van der Waals surface area contributed by atoms with E-state index in [1.54, 1.807) is 24.3 Å². The molecule has 3 rings (SSSR count). The van der Waals surface area contributed by atoms with E-state index in [0.29, 0.717) is 16.3 Å². The van der Waals surface area contributed by atoms with Gasteiger partial charge in [-0.25, -0.2) is 4.79 Å². The lowest BCUT2D eigenvalue weighted by atomic mass is 10.1. The molecule has 0 saturated heterocycles. The lowest BCUT2D eigenvalue weighted by Crippen LogP contribution is -2.13. The van der Waals surface area contributed by atoms with Crippen molar-refractivity contribution in [2.24, 2.45) is 0 Å². The van der Waals surface area contributed by atoms with Crippen LogP contribution in [0.1, 0.15) is 15.2 Å². The molecule has 0 bridgehead atoms. The maximum absolute atomic E-state index is 12.6. The first kappa shape index (κ1) is 17.0. The normalized spacial score (nSPS) is 10.5. The first-order chi connectivity index (χ1) is 12.1. The lowest BCUT2D eigenvalue weighted by molar-refractivity contribution is -0.142. The Bertz CT molecular complexity index is 915. The monoisotopic (exact) mass is 355 g/mol. The van der Waals surface area contributed by atoms with Crippen LogP contribution in [0, 0.1) is 6.92 Å². The second-order valence-electron chi connectivity index (χ2n) is 5.40. The fourth-order valence-corrected chi connectivity index (χ4v) is 3.52. The molecule has 1 amide bonds. The highest BCUT2D eigenvalue weighted by atomic mass is 32.1. The Labute approximate surface area is 149 Å². The molecule has 1 heterocycles. The fourth-order valence-electron chi connectivity index (χ4n) is 2.41. The summed E-state index contributed by atoms with van der Waals surface area (Å²) in [5.41, 5.74) is 1.64. The van der Waals surface area contributed by atoms with Gasteiger partial charge in [0, 0.05) is 10.4 Å². The van der Waals surface area contributed by atoms with Gasteiger partial charge in [0.1, 0.15) is 5.75 Å². The summed E-state index contributed by atoms with van der Waals surface area (Å²) >= 11 is 1.48. The summed E-state index contributed by atoms with van der Waals surface area (Å²) in [5, 5.41) is 3.99. The van der Waals surface area contributed by atoms with Crippen molar-refractivity contribution in [3.05, 3.63) is 59.0 Å². The van der Waals surface area contributed by atoms with Gasteiger partial charge in [-0.15, -0.1) is 11.3 Å². The highest BCUT2D eigenvalue weighted by Gasteiger charge is 2.15. The maximum Gasteiger partial charge on any atom is 0.343 e. The van der Waals surface area contributed by atoms with E-state index in [1.807, 2.05) is 31.2 Å². The predicted molar refractivity (Wildman–Crippen MR) is 98.5 cm³/mol. The Hall–Kier alpha value is -2.86. The molecule has 128 valence electrons. The van der Waals surface area contributed by atoms with Crippen LogP contribution in [0.15, 0.2) is 48.5 Å². The molecule has 0 aliphatic heterocycles. The van der Waals surface area contributed by atoms with Gasteiger partial charge in [0.25, 0.3) is 5.91 Å². The fraction of sp³-hybridized carbons (Fsp3) is 0.158. The second-order valence-corrected chi connectivity index (χ2v) is 6.45. The van der Waals surface area contributed by atoms with Gasteiger partial charge in [-0.2, -0.15) is 0 Å². The van der Waals surface area contributed by atoms with E-state index in [-0.39, 0.29) is 12.5 Å². The minimum Gasteiger partial charge on any atom is -0.482 e. The number of hydrogen-bond acceptors (Lipinski definition) is 5. The number of amides is 1. The number of ether oxygens (including phenoxy) is 2. The third-order valence-electron chi connectivity index (χ3n) is 3.75. The van der Waals surface area contributed by atoms with Crippen molar-refractivity contribution >= 4 is 39.0 Å². The van der Waals surface area contributed by atoms with Gasteiger partial charge in [-0.1, -0.05) is 18.2 Å². The standard InChI is InChI=1S/C19H17NO4S/c1-12-15-5-3-4-6-16(15)25-18(12)19(22)20-13-7-9-14(10-8-13)24-11-17(21)23-2/h3-10H,11H2,1-2H3,(H,20,22). The Morgan fingerprint density at radius 2 is 1.80 bits per heavy atom. The molecular formula is C19H17NO4S. The van der Waals surface area contributed by atoms with Crippen molar-refractivity contribution in [1.29, 1.82) is 0 Å². The van der Waals surface area contributed by atoms with E-state index in [4.69, 9.17) is 4.74 Å². The van der Waals surface area contributed by atoms with Crippen molar-refractivity contribution in [3.63, 3.8) is 0 Å². The summed E-state index contributed by atoms with van der Waals surface area (Å²) in [6.07, 6.45) is 0. The van der Waals surface area contributed by atoms with Gasteiger partial charge in [-0.3, -0.25) is 4.79 Å². The Kier molecular flexibility index (Phi) is 5.00. The van der Waals surface area contributed by atoms with Crippen molar-refractivity contribution < 1.29 is 19.1 Å². The van der Waals surface area contributed by atoms with Crippen molar-refractivity contribution in [2.45, 2.75) is 6.92 Å². The van der Waals surface area contributed by atoms with E-state index in [1.165, 1.54) is 18.4 Å². The number of aryl methyl sites for hydroxylation is 1. The molecule has 1 aromatic heterocycles. The Morgan fingerprint density at radius 3 is 2.48 bits per heavy atom. The number of methoxy groups -OCH3 is 1. The first-order valence-electron chi connectivity index (χ1n) is 7.67. The van der Waals surface area contributed by atoms with E-state index < -0.39 is 5.97 Å². The quantitative estimate of drug-likeness (QED) is 0.702.